The number of hydrogen-bond acceptors (Lipinski definition) is 4. The number of aromatic nitrogens is 1. The summed E-state index contributed by atoms with van der Waals surface area (Å²) < 4.78 is 7.14. The summed E-state index contributed by atoms with van der Waals surface area (Å²) in [6.07, 6.45) is 4.56. The first-order valence-corrected chi connectivity index (χ1v) is 14.5. The van der Waals surface area contributed by atoms with Crippen molar-refractivity contribution in [3.05, 3.63) is 63.8 Å². The molecule has 1 aromatic heterocycles. The van der Waals surface area contributed by atoms with Crippen LogP contribution in [0.25, 0.3) is 10.9 Å². The first-order chi connectivity index (χ1) is 16.5. The predicted octanol–water partition coefficient (Wildman–Crippen LogP) is 6.97. The first-order valence-electron chi connectivity index (χ1n) is 12.5. The number of nitrogens with two attached hydrogens (primary N) is 1. The van der Waals surface area contributed by atoms with Gasteiger partial charge in [0.25, 0.3) is 0 Å². The van der Waals surface area contributed by atoms with Crippen molar-refractivity contribution >= 4 is 38.6 Å². The Morgan fingerprint density at radius 1 is 1.18 bits per heavy atom. The van der Waals surface area contributed by atoms with E-state index in [2.05, 4.69) is 90.0 Å². The standard InChI is InChI=1S/C24H30BrN3OS.C4H10/c1-3-30-15-20(26)24-23-17(9-11-28(24)2)18-13-22(19(25)14-21(18)27-23)29-12-10-16-7-5-4-6-8-16;1-3-4-2/h4-8,13-14,20,24,27H,3,9-12,15,26H2,1-2H3;3-4H2,1-2H3. The molecule has 2 heterocycles. The van der Waals surface area contributed by atoms with Crippen molar-refractivity contribution in [1.29, 1.82) is 0 Å². The highest BCUT2D eigenvalue weighted by Crippen LogP contribution is 2.39. The molecular formula is C28H40BrN3OS. The number of halogens is 1. The summed E-state index contributed by atoms with van der Waals surface area (Å²) in [5, 5.41) is 1.26. The summed E-state index contributed by atoms with van der Waals surface area (Å²) in [5.74, 6) is 2.97. The van der Waals surface area contributed by atoms with E-state index in [1.807, 2.05) is 17.8 Å². The van der Waals surface area contributed by atoms with Crippen molar-refractivity contribution in [2.24, 2.45) is 5.73 Å². The Morgan fingerprint density at radius 2 is 1.91 bits per heavy atom. The van der Waals surface area contributed by atoms with Crippen LogP contribution < -0.4 is 10.5 Å². The Bertz CT molecular complexity index is 1020. The summed E-state index contributed by atoms with van der Waals surface area (Å²) in [5.41, 5.74) is 11.7. The summed E-state index contributed by atoms with van der Waals surface area (Å²) in [4.78, 5) is 6.08. The topological polar surface area (TPSA) is 54.3 Å². The van der Waals surface area contributed by atoms with Crippen LogP contribution in [0.15, 0.2) is 46.9 Å². The smallest absolute Gasteiger partial charge is 0.134 e. The van der Waals surface area contributed by atoms with E-state index in [4.69, 9.17) is 10.5 Å². The molecule has 6 heteroatoms. The van der Waals surface area contributed by atoms with E-state index in [1.165, 1.54) is 35.0 Å². The molecule has 0 amide bonds. The van der Waals surface area contributed by atoms with E-state index in [0.29, 0.717) is 6.61 Å². The quantitative estimate of drug-likeness (QED) is 0.305. The number of H-pyrrole nitrogens is 1. The van der Waals surface area contributed by atoms with E-state index >= 15 is 0 Å². The Kier molecular flexibility index (Phi) is 10.8. The Labute approximate surface area is 218 Å². The van der Waals surface area contributed by atoms with Gasteiger partial charge < -0.3 is 15.5 Å². The molecule has 34 heavy (non-hydrogen) atoms. The molecule has 0 radical (unpaired) electrons. The Hall–Kier alpha value is -1.47. The molecule has 1 aliphatic rings. The number of unbranched alkanes of at least 4 members (excludes halogenated alkanes) is 1. The maximum atomic E-state index is 6.63. The van der Waals surface area contributed by atoms with Gasteiger partial charge in [-0.3, -0.25) is 4.90 Å². The summed E-state index contributed by atoms with van der Waals surface area (Å²) in [6, 6.07) is 15.1. The molecule has 0 saturated heterocycles. The zero-order valence-electron chi connectivity index (χ0n) is 21.1. The lowest BCUT2D eigenvalue weighted by Crippen LogP contribution is -2.44. The lowest BCUT2D eigenvalue weighted by molar-refractivity contribution is 0.204. The van der Waals surface area contributed by atoms with Crippen molar-refractivity contribution < 1.29 is 4.74 Å². The minimum atomic E-state index is 0.108. The van der Waals surface area contributed by atoms with Crippen molar-refractivity contribution in [2.45, 2.75) is 58.5 Å². The van der Waals surface area contributed by atoms with Crippen molar-refractivity contribution in [1.82, 2.24) is 9.88 Å². The number of thioether (sulfide) groups is 1. The normalized spacial score (nSPS) is 16.6. The number of ether oxygens (including phenoxy) is 1. The Morgan fingerprint density at radius 3 is 2.59 bits per heavy atom. The number of likely N-dealkylation sites (N-methyl/N-ethyl adjacent to an activating group) is 1. The number of rotatable bonds is 9. The van der Waals surface area contributed by atoms with Crippen LogP contribution in [0.1, 0.15) is 56.5 Å². The number of hydrogen-bond donors (Lipinski definition) is 2. The van der Waals surface area contributed by atoms with Crippen molar-refractivity contribution in [3.8, 4) is 5.75 Å². The summed E-state index contributed by atoms with van der Waals surface area (Å²) in [6.45, 7) is 8.23. The van der Waals surface area contributed by atoms with E-state index in [0.717, 1.165) is 46.6 Å². The zero-order valence-corrected chi connectivity index (χ0v) is 23.5. The fraction of sp³-hybridized carbons (Fsp3) is 0.500. The van der Waals surface area contributed by atoms with Crippen LogP contribution in [-0.4, -0.2) is 47.6 Å². The van der Waals surface area contributed by atoms with Gasteiger partial charge >= 0.3 is 0 Å². The minimum absolute atomic E-state index is 0.108. The minimum Gasteiger partial charge on any atom is -0.492 e. The number of nitrogens with zero attached hydrogens (tertiary/aromatic N) is 1. The van der Waals surface area contributed by atoms with Crippen LogP contribution in [0.4, 0.5) is 0 Å². The van der Waals surface area contributed by atoms with Gasteiger partial charge in [0.05, 0.1) is 17.1 Å². The maximum absolute atomic E-state index is 6.63. The fourth-order valence-corrected chi connectivity index (χ4v) is 5.51. The lowest BCUT2D eigenvalue weighted by Gasteiger charge is -2.36. The lowest BCUT2D eigenvalue weighted by atomic mass is 9.94. The van der Waals surface area contributed by atoms with Gasteiger partial charge in [-0.25, -0.2) is 0 Å². The average Bonchev–Trinajstić information content (AvgIpc) is 3.20. The number of aromatic amines is 1. The number of benzene rings is 2. The molecule has 0 saturated carbocycles. The predicted molar refractivity (Wildman–Crippen MR) is 152 cm³/mol. The van der Waals surface area contributed by atoms with Gasteiger partial charge in [0.15, 0.2) is 0 Å². The molecule has 2 atom stereocenters. The molecule has 4 nitrogen and oxygen atoms in total. The van der Waals surface area contributed by atoms with Crippen LogP contribution in [-0.2, 0) is 12.8 Å². The van der Waals surface area contributed by atoms with Gasteiger partial charge in [-0.15, -0.1) is 0 Å². The molecule has 3 N–H and O–H groups in total. The third-order valence-corrected chi connectivity index (χ3v) is 8.04. The van der Waals surface area contributed by atoms with Crippen LogP contribution in [0.5, 0.6) is 5.75 Å². The van der Waals surface area contributed by atoms with Gasteiger partial charge in [-0.2, -0.15) is 11.8 Å². The van der Waals surface area contributed by atoms with Crippen molar-refractivity contribution in [2.75, 3.05) is 31.7 Å². The van der Waals surface area contributed by atoms with Gasteiger partial charge in [-0.1, -0.05) is 63.9 Å². The second-order valence-corrected chi connectivity index (χ2v) is 11.1. The van der Waals surface area contributed by atoms with Crippen LogP contribution in [0.2, 0.25) is 0 Å². The van der Waals surface area contributed by atoms with Gasteiger partial charge in [0, 0.05) is 41.4 Å². The van der Waals surface area contributed by atoms with Gasteiger partial charge in [0.2, 0.25) is 0 Å². The average molecular weight is 547 g/mol. The monoisotopic (exact) mass is 545 g/mol. The zero-order chi connectivity index (χ0) is 24.5. The second-order valence-electron chi connectivity index (χ2n) is 8.93. The molecule has 1 aliphatic heterocycles. The molecule has 2 aromatic carbocycles. The van der Waals surface area contributed by atoms with Gasteiger partial charge in [0.1, 0.15) is 5.75 Å². The third kappa shape index (κ3) is 6.81. The maximum Gasteiger partial charge on any atom is 0.134 e. The summed E-state index contributed by atoms with van der Waals surface area (Å²) in [7, 11) is 2.18. The summed E-state index contributed by atoms with van der Waals surface area (Å²) >= 11 is 5.62. The Balaban J connectivity index is 0.000000751. The van der Waals surface area contributed by atoms with E-state index in [-0.39, 0.29) is 12.1 Å². The van der Waals surface area contributed by atoms with E-state index < -0.39 is 0 Å². The van der Waals surface area contributed by atoms with E-state index in [1.54, 1.807) is 0 Å². The third-order valence-electron chi connectivity index (χ3n) is 6.39. The molecular weight excluding hydrogens is 506 g/mol. The molecule has 0 bridgehead atoms. The second kappa shape index (κ2) is 13.6. The molecule has 2 unspecified atom stereocenters. The molecule has 0 spiro atoms. The van der Waals surface area contributed by atoms with Crippen molar-refractivity contribution in [3.63, 3.8) is 0 Å². The molecule has 186 valence electrons. The van der Waals surface area contributed by atoms with Crippen LogP contribution in [0.3, 0.4) is 0 Å². The molecule has 0 fully saturated rings. The highest BCUT2D eigenvalue weighted by molar-refractivity contribution is 9.10. The SMILES string of the molecule is CCCC.CCSCC(N)C1c2[nH]c3cc(Br)c(OCCc4ccccc4)cc3c2CCN1C. The number of fused-ring (bicyclic) bond motifs is 3. The first kappa shape index (κ1) is 27.1. The van der Waals surface area contributed by atoms with Crippen LogP contribution in [0, 0.1) is 0 Å². The molecule has 0 aliphatic carbocycles. The van der Waals surface area contributed by atoms with Gasteiger partial charge in [-0.05, 0) is 58.4 Å². The highest BCUT2D eigenvalue weighted by atomic mass is 79.9. The molecule has 3 aromatic rings. The highest BCUT2D eigenvalue weighted by Gasteiger charge is 2.32. The largest absolute Gasteiger partial charge is 0.492 e. The van der Waals surface area contributed by atoms with E-state index in [9.17, 15) is 0 Å². The molecule has 4 rings (SSSR count). The number of nitrogens with one attached hydrogen (secondary N) is 1. The fourth-order valence-electron chi connectivity index (χ4n) is 4.36. The van der Waals surface area contributed by atoms with Crippen LogP contribution >= 0.6 is 27.7 Å².